The Morgan fingerprint density at radius 2 is 2.10 bits per heavy atom. The van der Waals surface area contributed by atoms with Gasteiger partial charge in [-0.3, -0.25) is 4.79 Å². The van der Waals surface area contributed by atoms with Crippen LogP contribution in [0, 0.1) is 0 Å². The summed E-state index contributed by atoms with van der Waals surface area (Å²) in [6.07, 6.45) is 2.92. The van der Waals surface area contributed by atoms with Crippen LogP contribution in [0.5, 0.6) is 0 Å². The number of ether oxygens (including phenoxy) is 1. The number of hydrogen-bond acceptors (Lipinski definition) is 3. The summed E-state index contributed by atoms with van der Waals surface area (Å²) in [5.41, 5.74) is 1.00. The summed E-state index contributed by atoms with van der Waals surface area (Å²) in [5, 5.41) is 5.96. The number of carbonyl (C=O) groups excluding carboxylic acids is 2. The molecule has 5 nitrogen and oxygen atoms in total. The zero-order chi connectivity index (χ0) is 15.4. The molecule has 21 heavy (non-hydrogen) atoms. The lowest BCUT2D eigenvalue weighted by atomic mass is 10.1. The van der Waals surface area contributed by atoms with Gasteiger partial charge in [-0.05, 0) is 44.4 Å². The minimum absolute atomic E-state index is 0.104. The maximum absolute atomic E-state index is 11.9. The molecule has 1 aromatic carbocycles. The van der Waals surface area contributed by atoms with Crippen LogP contribution < -0.4 is 10.6 Å². The molecule has 0 heterocycles. The van der Waals surface area contributed by atoms with Gasteiger partial charge < -0.3 is 15.4 Å². The average Bonchev–Trinajstić information content (AvgIpc) is 2.85. The molecule has 1 aliphatic rings. The van der Waals surface area contributed by atoms with Crippen LogP contribution in [-0.4, -0.2) is 31.1 Å². The minimum atomic E-state index is -0.275. The van der Waals surface area contributed by atoms with Crippen molar-refractivity contribution in [3.63, 3.8) is 0 Å². The van der Waals surface area contributed by atoms with Gasteiger partial charge in [0.2, 0.25) is 0 Å². The number of nitrogens with one attached hydrogen (secondary N) is 2. The predicted molar refractivity (Wildman–Crippen MR) is 82.0 cm³/mol. The first-order chi connectivity index (χ1) is 9.99. The standard InChI is InChI=1S/C15H19ClN2O3/c1-9(19)13-6-4-11(8-14(13)16)18-15(20)17-10-3-5-12(7-10)21-2/h4,6,8,10,12H,3,5,7H2,1-2H3,(H2,17,18,20)/t10-,12-/m0/s1. The SMILES string of the molecule is CO[C@H]1CC[C@H](NC(=O)Nc2ccc(C(C)=O)c(Cl)c2)C1. The quantitative estimate of drug-likeness (QED) is 0.839. The van der Waals surface area contributed by atoms with E-state index in [-0.39, 0.29) is 24.0 Å². The summed E-state index contributed by atoms with van der Waals surface area (Å²) in [6, 6.07) is 4.70. The summed E-state index contributed by atoms with van der Waals surface area (Å²) in [4.78, 5) is 23.2. The van der Waals surface area contributed by atoms with Crippen molar-refractivity contribution in [2.24, 2.45) is 0 Å². The Labute approximate surface area is 129 Å². The van der Waals surface area contributed by atoms with Gasteiger partial charge in [0.1, 0.15) is 0 Å². The molecule has 1 aliphatic carbocycles. The molecule has 2 atom stereocenters. The van der Waals surface area contributed by atoms with E-state index < -0.39 is 0 Å². The summed E-state index contributed by atoms with van der Waals surface area (Å²) < 4.78 is 5.27. The highest BCUT2D eigenvalue weighted by Gasteiger charge is 2.25. The van der Waals surface area contributed by atoms with Crippen LogP contribution in [0.15, 0.2) is 18.2 Å². The molecule has 2 rings (SSSR count). The normalized spacial score (nSPS) is 21.1. The largest absolute Gasteiger partial charge is 0.381 e. The zero-order valence-electron chi connectivity index (χ0n) is 12.1. The summed E-state index contributed by atoms with van der Waals surface area (Å²) in [7, 11) is 1.69. The molecule has 2 amide bonds. The fraction of sp³-hybridized carbons (Fsp3) is 0.467. The Kier molecular flexibility index (Phi) is 5.20. The lowest BCUT2D eigenvalue weighted by Gasteiger charge is -2.14. The maximum atomic E-state index is 11.9. The Bertz CT molecular complexity index is 548. The van der Waals surface area contributed by atoms with Crippen LogP contribution in [0.1, 0.15) is 36.5 Å². The van der Waals surface area contributed by atoms with Crippen molar-refractivity contribution in [3.05, 3.63) is 28.8 Å². The molecule has 0 aliphatic heterocycles. The van der Waals surface area contributed by atoms with Gasteiger partial charge in [-0.15, -0.1) is 0 Å². The topological polar surface area (TPSA) is 67.4 Å². The van der Waals surface area contributed by atoms with Gasteiger partial charge in [0.05, 0.1) is 11.1 Å². The van der Waals surface area contributed by atoms with E-state index in [9.17, 15) is 9.59 Å². The molecule has 1 aromatic rings. The van der Waals surface area contributed by atoms with E-state index in [1.165, 1.54) is 6.92 Å². The molecule has 114 valence electrons. The van der Waals surface area contributed by atoms with E-state index in [1.54, 1.807) is 25.3 Å². The molecule has 0 radical (unpaired) electrons. The minimum Gasteiger partial charge on any atom is -0.381 e. The molecule has 0 saturated heterocycles. The summed E-state index contributed by atoms with van der Waals surface area (Å²) in [6.45, 7) is 1.45. The number of methoxy groups -OCH3 is 1. The number of anilines is 1. The van der Waals surface area contributed by atoms with E-state index in [0.717, 1.165) is 19.3 Å². The molecule has 1 fully saturated rings. The number of urea groups is 1. The van der Waals surface area contributed by atoms with Crippen molar-refractivity contribution in [2.45, 2.75) is 38.3 Å². The fourth-order valence-electron chi connectivity index (χ4n) is 2.52. The molecule has 2 N–H and O–H groups in total. The number of Topliss-reactive ketones (excluding diaryl/α,β-unsaturated/α-hetero) is 1. The van der Waals surface area contributed by atoms with Crippen LogP contribution in [0.3, 0.4) is 0 Å². The van der Waals surface area contributed by atoms with E-state index in [2.05, 4.69) is 10.6 Å². The molecular formula is C15H19ClN2O3. The average molecular weight is 311 g/mol. The highest BCUT2D eigenvalue weighted by Crippen LogP contribution is 2.23. The first-order valence-electron chi connectivity index (χ1n) is 6.90. The van der Waals surface area contributed by atoms with Crippen molar-refractivity contribution in [2.75, 3.05) is 12.4 Å². The van der Waals surface area contributed by atoms with Gasteiger partial charge in [0.15, 0.2) is 5.78 Å². The second-order valence-electron chi connectivity index (χ2n) is 5.22. The Morgan fingerprint density at radius 1 is 1.33 bits per heavy atom. The Balaban J connectivity index is 1.91. The van der Waals surface area contributed by atoms with Crippen LogP contribution in [-0.2, 0) is 4.74 Å². The van der Waals surface area contributed by atoms with Gasteiger partial charge in [0, 0.05) is 24.4 Å². The van der Waals surface area contributed by atoms with Gasteiger partial charge >= 0.3 is 6.03 Å². The van der Waals surface area contributed by atoms with E-state index >= 15 is 0 Å². The smallest absolute Gasteiger partial charge is 0.319 e. The van der Waals surface area contributed by atoms with Gasteiger partial charge in [-0.2, -0.15) is 0 Å². The second kappa shape index (κ2) is 6.91. The Hall–Kier alpha value is -1.59. The van der Waals surface area contributed by atoms with Crippen LogP contribution in [0.2, 0.25) is 5.02 Å². The molecule has 1 saturated carbocycles. The third kappa shape index (κ3) is 4.19. The number of halogens is 1. The molecule has 0 aromatic heterocycles. The fourth-order valence-corrected chi connectivity index (χ4v) is 2.83. The zero-order valence-corrected chi connectivity index (χ0v) is 12.9. The first-order valence-corrected chi connectivity index (χ1v) is 7.28. The monoisotopic (exact) mass is 310 g/mol. The van der Waals surface area contributed by atoms with Crippen LogP contribution >= 0.6 is 11.6 Å². The first kappa shape index (κ1) is 15.8. The summed E-state index contributed by atoms with van der Waals surface area (Å²) in [5.74, 6) is -0.104. The van der Waals surface area contributed by atoms with Crippen molar-refractivity contribution in [1.29, 1.82) is 0 Å². The third-order valence-corrected chi connectivity index (χ3v) is 3.97. The lowest BCUT2D eigenvalue weighted by Crippen LogP contribution is -2.36. The summed E-state index contributed by atoms with van der Waals surface area (Å²) >= 11 is 6.01. The van der Waals surface area contributed by atoms with Crippen molar-refractivity contribution < 1.29 is 14.3 Å². The molecule has 0 unspecified atom stereocenters. The third-order valence-electron chi connectivity index (χ3n) is 3.66. The predicted octanol–water partition coefficient (Wildman–Crippen LogP) is 3.23. The van der Waals surface area contributed by atoms with Crippen molar-refractivity contribution >= 4 is 29.1 Å². The number of rotatable bonds is 4. The number of carbonyl (C=O) groups is 2. The van der Waals surface area contributed by atoms with Crippen molar-refractivity contribution in [1.82, 2.24) is 5.32 Å². The van der Waals surface area contributed by atoms with Crippen molar-refractivity contribution in [3.8, 4) is 0 Å². The van der Waals surface area contributed by atoms with E-state index in [4.69, 9.17) is 16.3 Å². The maximum Gasteiger partial charge on any atom is 0.319 e. The number of benzene rings is 1. The molecule has 0 spiro atoms. The number of ketones is 1. The van der Waals surface area contributed by atoms with Crippen LogP contribution in [0.4, 0.5) is 10.5 Å². The highest BCUT2D eigenvalue weighted by molar-refractivity contribution is 6.34. The molecule has 0 bridgehead atoms. The van der Waals surface area contributed by atoms with E-state index in [1.807, 2.05) is 0 Å². The lowest BCUT2D eigenvalue weighted by molar-refractivity contribution is 0.101. The highest BCUT2D eigenvalue weighted by atomic mass is 35.5. The molecular weight excluding hydrogens is 292 g/mol. The van der Waals surface area contributed by atoms with E-state index in [0.29, 0.717) is 16.3 Å². The van der Waals surface area contributed by atoms with Gasteiger partial charge in [0.25, 0.3) is 0 Å². The Morgan fingerprint density at radius 3 is 2.67 bits per heavy atom. The molecule has 6 heteroatoms. The number of hydrogen-bond donors (Lipinski definition) is 2. The van der Waals surface area contributed by atoms with Gasteiger partial charge in [-0.25, -0.2) is 4.79 Å². The van der Waals surface area contributed by atoms with Crippen LogP contribution in [0.25, 0.3) is 0 Å². The van der Waals surface area contributed by atoms with Gasteiger partial charge in [-0.1, -0.05) is 11.6 Å². The number of amides is 2. The second-order valence-corrected chi connectivity index (χ2v) is 5.62.